The Kier molecular flexibility index (Phi) is 5.31. The number of carbonyl (C=O) groups is 1. The molecule has 1 saturated heterocycles. The number of anilines is 2. The first kappa shape index (κ1) is 23.3. The average molecular weight is 503 g/mol. The van der Waals surface area contributed by atoms with Gasteiger partial charge in [-0.05, 0) is 32.0 Å². The summed E-state index contributed by atoms with van der Waals surface area (Å²) >= 11 is 0. The van der Waals surface area contributed by atoms with Gasteiger partial charge in [-0.1, -0.05) is 11.2 Å². The third-order valence-corrected chi connectivity index (χ3v) is 6.60. The van der Waals surface area contributed by atoms with Crippen molar-refractivity contribution >= 4 is 17.7 Å². The highest BCUT2D eigenvalue weighted by Crippen LogP contribution is 2.34. The molecule has 37 heavy (non-hydrogen) atoms. The summed E-state index contributed by atoms with van der Waals surface area (Å²) in [5.41, 5.74) is 1.13. The van der Waals surface area contributed by atoms with E-state index in [1.54, 1.807) is 31.4 Å². The van der Waals surface area contributed by atoms with Crippen molar-refractivity contribution in [2.45, 2.75) is 44.6 Å². The largest absolute Gasteiger partial charge is 0.373 e. The van der Waals surface area contributed by atoms with E-state index < -0.39 is 11.5 Å². The molecule has 0 aromatic carbocycles. The zero-order valence-corrected chi connectivity index (χ0v) is 20.7. The molecule has 0 radical (unpaired) electrons. The molecule has 0 saturated carbocycles. The molecule has 6 heterocycles. The second-order valence-electron chi connectivity index (χ2n) is 9.94. The van der Waals surface area contributed by atoms with E-state index in [2.05, 4.69) is 30.5 Å². The monoisotopic (exact) mass is 502 g/mol. The SMILES string of the molecule is CN1CCC(O)(c2cc(-c3cccc(-c4ccnc(Nc5cc6n(n5)CC(C)(C)OC6)n4)n3)no2)C1=O. The third kappa shape index (κ3) is 4.23. The lowest BCUT2D eigenvalue weighted by atomic mass is 9.98. The predicted molar refractivity (Wildman–Crippen MR) is 131 cm³/mol. The number of nitrogens with one attached hydrogen (secondary N) is 1. The van der Waals surface area contributed by atoms with Gasteiger partial charge in [0.25, 0.3) is 5.91 Å². The topological polar surface area (TPSA) is 144 Å². The van der Waals surface area contributed by atoms with Crippen LogP contribution in [0, 0.1) is 0 Å². The van der Waals surface area contributed by atoms with Crippen molar-refractivity contribution < 1.29 is 19.2 Å². The van der Waals surface area contributed by atoms with Gasteiger partial charge in [0.15, 0.2) is 11.6 Å². The molecule has 0 aliphatic carbocycles. The van der Waals surface area contributed by atoms with Crippen LogP contribution in [0.4, 0.5) is 11.8 Å². The summed E-state index contributed by atoms with van der Waals surface area (Å²) in [6.45, 7) is 5.66. The molecule has 0 spiro atoms. The van der Waals surface area contributed by atoms with E-state index in [1.807, 2.05) is 36.7 Å². The minimum Gasteiger partial charge on any atom is -0.373 e. The maximum atomic E-state index is 12.4. The Morgan fingerprint density at radius 3 is 2.65 bits per heavy atom. The van der Waals surface area contributed by atoms with E-state index in [0.29, 0.717) is 54.2 Å². The lowest BCUT2D eigenvalue weighted by molar-refractivity contribution is -0.144. The van der Waals surface area contributed by atoms with Crippen molar-refractivity contribution in [2.24, 2.45) is 0 Å². The van der Waals surface area contributed by atoms with Gasteiger partial charge in [0.1, 0.15) is 5.69 Å². The van der Waals surface area contributed by atoms with E-state index in [1.165, 1.54) is 4.90 Å². The molecule has 12 nitrogen and oxygen atoms in total. The second-order valence-corrected chi connectivity index (χ2v) is 9.94. The van der Waals surface area contributed by atoms with E-state index in [0.717, 1.165) is 5.69 Å². The van der Waals surface area contributed by atoms with Crippen LogP contribution in [0.2, 0.25) is 0 Å². The number of fused-ring (bicyclic) bond motifs is 1. The molecule has 4 aromatic heterocycles. The highest BCUT2D eigenvalue weighted by atomic mass is 16.5. The molecule has 6 rings (SSSR count). The maximum Gasteiger partial charge on any atom is 0.262 e. The van der Waals surface area contributed by atoms with Crippen LogP contribution in [0.1, 0.15) is 31.7 Å². The van der Waals surface area contributed by atoms with Crippen LogP contribution >= 0.6 is 0 Å². The fourth-order valence-electron chi connectivity index (χ4n) is 4.51. The molecule has 2 N–H and O–H groups in total. The van der Waals surface area contributed by atoms with Gasteiger partial charge in [0, 0.05) is 38.3 Å². The number of nitrogens with zero attached hydrogens (tertiary/aromatic N) is 7. The molecule has 1 atom stereocenters. The Hall–Kier alpha value is -4.16. The number of hydrogen-bond donors (Lipinski definition) is 2. The molecule has 0 bridgehead atoms. The quantitative estimate of drug-likeness (QED) is 0.417. The van der Waals surface area contributed by atoms with E-state index in [9.17, 15) is 9.90 Å². The highest BCUT2D eigenvalue weighted by molar-refractivity contribution is 5.87. The summed E-state index contributed by atoms with van der Waals surface area (Å²) in [6, 6.07) is 10.7. The summed E-state index contributed by atoms with van der Waals surface area (Å²) in [5, 5.41) is 22.7. The number of amides is 1. The summed E-state index contributed by atoms with van der Waals surface area (Å²) in [6.07, 6.45) is 1.89. The first-order valence-electron chi connectivity index (χ1n) is 11.9. The second kappa shape index (κ2) is 8.46. The van der Waals surface area contributed by atoms with Gasteiger partial charge in [-0.15, -0.1) is 0 Å². The van der Waals surface area contributed by atoms with Gasteiger partial charge in [0.05, 0.1) is 41.5 Å². The van der Waals surface area contributed by atoms with Crippen LogP contribution in [-0.2, 0) is 28.3 Å². The minimum absolute atomic E-state index is 0.106. The number of rotatable bonds is 5. The van der Waals surface area contributed by atoms with E-state index >= 15 is 0 Å². The van der Waals surface area contributed by atoms with Crippen LogP contribution in [0.3, 0.4) is 0 Å². The Balaban J connectivity index is 1.23. The van der Waals surface area contributed by atoms with Gasteiger partial charge in [-0.25, -0.2) is 15.0 Å². The summed E-state index contributed by atoms with van der Waals surface area (Å²) in [7, 11) is 1.64. The number of pyridine rings is 1. The van der Waals surface area contributed by atoms with Crippen molar-refractivity contribution in [3.8, 4) is 22.8 Å². The van der Waals surface area contributed by atoms with Crippen molar-refractivity contribution in [1.29, 1.82) is 0 Å². The molecule has 1 amide bonds. The van der Waals surface area contributed by atoms with Crippen LogP contribution < -0.4 is 5.32 Å². The standard InChI is InChI=1S/C25H26N8O4/c1-24(2)14-33-15(13-36-24)11-21(30-33)29-23-26-9-7-18(28-23)16-5-4-6-17(27-16)19-12-20(37-31-19)25(35)8-10-32(3)22(25)34/h4-7,9,11-12,35H,8,10,13-14H2,1-3H3,(H,26,28,29,30). The van der Waals surface area contributed by atoms with Gasteiger partial charge < -0.3 is 24.6 Å². The van der Waals surface area contributed by atoms with Crippen molar-refractivity contribution in [3.05, 3.63) is 54.0 Å². The lowest BCUT2D eigenvalue weighted by Gasteiger charge is -2.30. The fraction of sp³-hybridized carbons (Fsp3) is 0.360. The average Bonchev–Trinajstić information content (AvgIpc) is 3.59. The number of carbonyl (C=O) groups excluding carboxylic acids is 1. The van der Waals surface area contributed by atoms with Crippen LogP contribution in [0.15, 0.2) is 47.1 Å². The molecule has 12 heteroatoms. The molecule has 2 aliphatic rings. The number of likely N-dealkylation sites (tertiary alicyclic amines) is 1. The van der Waals surface area contributed by atoms with E-state index in [4.69, 9.17) is 9.26 Å². The summed E-state index contributed by atoms with van der Waals surface area (Å²) in [4.78, 5) is 27.5. The number of aliphatic hydroxyl groups is 1. The van der Waals surface area contributed by atoms with Crippen LogP contribution in [-0.4, -0.2) is 65.0 Å². The zero-order valence-electron chi connectivity index (χ0n) is 20.7. The summed E-state index contributed by atoms with van der Waals surface area (Å²) < 4.78 is 13.1. The first-order chi connectivity index (χ1) is 17.7. The molecule has 1 unspecified atom stereocenters. The maximum absolute atomic E-state index is 12.4. The molecular formula is C25H26N8O4. The molecular weight excluding hydrogens is 476 g/mol. The van der Waals surface area contributed by atoms with Crippen molar-refractivity contribution in [1.82, 2.24) is 34.8 Å². The highest BCUT2D eigenvalue weighted by Gasteiger charge is 2.48. The van der Waals surface area contributed by atoms with Gasteiger partial charge in [0.2, 0.25) is 11.5 Å². The molecule has 190 valence electrons. The van der Waals surface area contributed by atoms with Crippen LogP contribution in [0.25, 0.3) is 22.8 Å². The van der Waals surface area contributed by atoms with Gasteiger partial charge in [-0.2, -0.15) is 5.10 Å². The Bertz CT molecular complexity index is 1500. The fourth-order valence-corrected chi connectivity index (χ4v) is 4.51. The van der Waals surface area contributed by atoms with E-state index in [-0.39, 0.29) is 17.8 Å². The Labute approximate surface area is 212 Å². The zero-order chi connectivity index (χ0) is 25.8. The number of likely N-dealkylation sites (N-methyl/N-ethyl adjacent to an activating group) is 1. The molecule has 4 aromatic rings. The normalized spacial score (nSPS) is 20.8. The molecule has 1 fully saturated rings. The van der Waals surface area contributed by atoms with Crippen LogP contribution in [0.5, 0.6) is 0 Å². The minimum atomic E-state index is -1.71. The molecule has 2 aliphatic heterocycles. The Morgan fingerprint density at radius 2 is 1.86 bits per heavy atom. The number of aromatic nitrogens is 6. The van der Waals surface area contributed by atoms with Gasteiger partial charge >= 0.3 is 0 Å². The third-order valence-electron chi connectivity index (χ3n) is 6.60. The Morgan fingerprint density at radius 1 is 1.08 bits per heavy atom. The summed E-state index contributed by atoms with van der Waals surface area (Å²) in [5.74, 6) is 0.715. The smallest absolute Gasteiger partial charge is 0.262 e. The van der Waals surface area contributed by atoms with Crippen molar-refractivity contribution in [2.75, 3.05) is 18.9 Å². The lowest BCUT2D eigenvalue weighted by Crippen LogP contribution is -2.36. The first-order valence-corrected chi connectivity index (χ1v) is 11.9. The number of ether oxygens (including phenoxy) is 1. The predicted octanol–water partition coefficient (Wildman–Crippen LogP) is 2.49. The van der Waals surface area contributed by atoms with Crippen molar-refractivity contribution in [3.63, 3.8) is 0 Å². The van der Waals surface area contributed by atoms with Gasteiger partial charge in [-0.3, -0.25) is 9.48 Å². The number of hydrogen-bond acceptors (Lipinski definition) is 10.